The number of aromatic nitrogens is 6. The van der Waals surface area contributed by atoms with Crippen LogP contribution >= 0.6 is 11.6 Å². The fourth-order valence-corrected chi connectivity index (χ4v) is 7.19. The molecular weight excluding hydrogens is 670 g/mol. The van der Waals surface area contributed by atoms with Gasteiger partial charge in [-0.1, -0.05) is 24.4 Å². The smallest absolute Gasteiger partial charge is 0.249 e. The van der Waals surface area contributed by atoms with Gasteiger partial charge in [0.25, 0.3) is 0 Å². The number of β-amino-alcohol motifs (C(OH)–C–C–N with tert-alkyl or cyclic N) is 1. The highest BCUT2D eigenvalue weighted by Gasteiger charge is 2.33. The Hall–Kier alpha value is -3.89. The Balaban J connectivity index is 0.000000162. The average Bonchev–Trinajstić information content (AvgIpc) is 3.96. The van der Waals surface area contributed by atoms with Crippen molar-refractivity contribution in [2.75, 3.05) is 38.2 Å². The number of rotatable bonds is 3. The minimum Gasteiger partial charge on any atom is -0.400 e. The number of nitrogens with one attached hydrogen (secondary N) is 2. The maximum atomic E-state index is 9.98. The quantitative estimate of drug-likeness (QED) is 0.152. The van der Waals surface area contributed by atoms with Gasteiger partial charge < -0.3 is 35.7 Å². The third kappa shape index (κ3) is 9.32. The summed E-state index contributed by atoms with van der Waals surface area (Å²) in [5.74, 6) is 0.483. The molecule has 7 heterocycles. The SMILES string of the molecule is CO.Cc1cn2nc([C@@H]3CCCCN3)cc2nc1Cl.Cc1cn2nc([C@@H]3CCCCN3)cc2nc1N1C[C@@H](C#N)[C@@H](O)C1.[C-]#[N+][C@@H]1CCC[C@@H]1O. The van der Waals surface area contributed by atoms with E-state index in [2.05, 4.69) is 36.7 Å². The van der Waals surface area contributed by atoms with E-state index in [0.717, 1.165) is 91.9 Å². The van der Waals surface area contributed by atoms with Crippen LogP contribution in [0.15, 0.2) is 24.5 Å². The number of fused-ring (bicyclic) bond motifs is 2. The van der Waals surface area contributed by atoms with E-state index < -0.39 is 6.10 Å². The van der Waals surface area contributed by atoms with E-state index in [1.807, 2.05) is 52.3 Å². The molecule has 0 amide bonds. The molecule has 4 aromatic rings. The van der Waals surface area contributed by atoms with Crippen molar-refractivity contribution in [3.63, 3.8) is 0 Å². The molecular formula is C36H50ClN11O3. The number of aliphatic hydroxyl groups excluding tert-OH is 3. The number of aryl methyl sites for hydroxylation is 2. The van der Waals surface area contributed by atoms with Crippen LogP contribution in [-0.4, -0.2) is 96.1 Å². The summed E-state index contributed by atoms with van der Waals surface area (Å²) < 4.78 is 3.64. The highest BCUT2D eigenvalue weighted by atomic mass is 35.5. The topological polar surface area (TPSA) is 177 Å². The zero-order chi connectivity index (χ0) is 36.5. The lowest BCUT2D eigenvalue weighted by molar-refractivity contribution is 0.171. The molecule has 6 atom stereocenters. The molecule has 0 aromatic carbocycles. The molecule has 3 aliphatic heterocycles. The lowest BCUT2D eigenvalue weighted by Gasteiger charge is -2.21. The van der Waals surface area contributed by atoms with Crippen molar-refractivity contribution in [3.8, 4) is 6.07 Å². The third-order valence-corrected chi connectivity index (χ3v) is 10.3. The first-order valence-corrected chi connectivity index (χ1v) is 18.3. The molecule has 4 aliphatic rings. The van der Waals surface area contributed by atoms with Gasteiger partial charge in [0, 0.05) is 62.3 Å². The average molecular weight is 720 g/mol. The van der Waals surface area contributed by atoms with Gasteiger partial charge in [0.2, 0.25) is 6.04 Å². The summed E-state index contributed by atoms with van der Waals surface area (Å²) in [6.07, 6.45) is 12.9. The molecule has 8 rings (SSSR count). The molecule has 3 saturated heterocycles. The number of hydrogen-bond donors (Lipinski definition) is 5. The predicted octanol–water partition coefficient (Wildman–Crippen LogP) is 4.11. The van der Waals surface area contributed by atoms with Gasteiger partial charge in [-0.3, -0.25) is 0 Å². The fraction of sp³-hybridized carbons (Fsp3) is 0.611. The summed E-state index contributed by atoms with van der Waals surface area (Å²) in [6, 6.07) is 6.82. The molecule has 0 bridgehead atoms. The third-order valence-electron chi connectivity index (χ3n) is 9.91. The number of halogens is 1. The van der Waals surface area contributed by atoms with E-state index in [1.54, 1.807) is 0 Å². The molecule has 0 spiro atoms. The molecule has 4 fully saturated rings. The van der Waals surface area contributed by atoms with Gasteiger partial charge in [-0.2, -0.15) is 15.5 Å². The van der Waals surface area contributed by atoms with Gasteiger partial charge in [-0.15, -0.1) is 0 Å². The summed E-state index contributed by atoms with van der Waals surface area (Å²) in [5.41, 5.74) is 5.69. The first kappa shape index (κ1) is 38.3. The van der Waals surface area contributed by atoms with Gasteiger partial charge in [0.1, 0.15) is 17.1 Å². The number of nitrogens with zero attached hydrogens (tertiary/aromatic N) is 9. The molecule has 1 saturated carbocycles. The maximum Gasteiger partial charge on any atom is 0.249 e. The summed E-state index contributed by atoms with van der Waals surface area (Å²) in [5, 5.41) is 51.9. The van der Waals surface area contributed by atoms with Crippen LogP contribution < -0.4 is 15.5 Å². The Kier molecular flexibility index (Phi) is 13.6. The van der Waals surface area contributed by atoms with Crippen molar-refractivity contribution >= 4 is 28.7 Å². The van der Waals surface area contributed by atoms with Crippen molar-refractivity contribution in [2.45, 2.75) is 102 Å². The predicted molar refractivity (Wildman–Crippen MR) is 195 cm³/mol. The van der Waals surface area contributed by atoms with Crippen LogP contribution in [0.4, 0.5) is 5.82 Å². The zero-order valence-corrected chi connectivity index (χ0v) is 30.5. The Morgan fingerprint density at radius 3 is 1.88 bits per heavy atom. The van der Waals surface area contributed by atoms with E-state index in [1.165, 1.54) is 25.7 Å². The molecule has 4 aromatic heterocycles. The van der Waals surface area contributed by atoms with Crippen LogP contribution in [0.1, 0.15) is 92.4 Å². The highest BCUT2D eigenvalue weighted by molar-refractivity contribution is 6.30. The summed E-state index contributed by atoms with van der Waals surface area (Å²) >= 11 is 6.01. The van der Waals surface area contributed by atoms with Crippen molar-refractivity contribution < 1.29 is 15.3 Å². The normalized spacial score (nSPS) is 25.9. The standard InChI is InChI=1S/C17H22N6O.C12H15ClN4.C6H9NO.CH4O/c1-11-8-23-16(6-14(21-23)13-4-2-3-5-19-13)20-17(11)22-9-12(7-18)15(24)10-22;1-8-7-17-11(15-12(8)13)6-10(16-17)9-4-2-3-5-14-9;1-7-5-3-2-4-6(5)8;1-2/h6,8,12-13,15,19,24H,2-5,9-10H2,1H3;6-7,9,14H,2-5H2,1H3;5-6,8H,2-4H2;2H,1H3/t12-,13+,15+;9-;5-,6+;/m101./s1. The van der Waals surface area contributed by atoms with Crippen LogP contribution in [0.25, 0.3) is 16.1 Å². The summed E-state index contributed by atoms with van der Waals surface area (Å²) in [7, 11) is 1.00. The number of hydrogen-bond acceptors (Lipinski definition) is 11. The zero-order valence-electron chi connectivity index (χ0n) is 29.7. The van der Waals surface area contributed by atoms with E-state index in [0.29, 0.717) is 30.3 Å². The Morgan fingerprint density at radius 1 is 0.824 bits per heavy atom. The van der Waals surface area contributed by atoms with E-state index in [9.17, 15) is 5.11 Å². The number of piperidine rings is 2. The summed E-state index contributed by atoms with van der Waals surface area (Å²) in [6.45, 7) is 13.6. The van der Waals surface area contributed by atoms with E-state index >= 15 is 0 Å². The van der Waals surface area contributed by atoms with Gasteiger partial charge in [0.05, 0.1) is 41.6 Å². The van der Waals surface area contributed by atoms with Crippen LogP contribution in [-0.2, 0) is 0 Å². The molecule has 14 nitrogen and oxygen atoms in total. The van der Waals surface area contributed by atoms with E-state index in [-0.39, 0.29) is 18.1 Å². The second kappa shape index (κ2) is 18.0. The second-order valence-corrected chi connectivity index (χ2v) is 14.0. The molecule has 5 N–H and O–H groups in total. The molecule has 274 valence electrons. The fourth-order valence-electron chi connectivity index (χ4n) is 7.05. The lowest BCUT2D eigenvalue weighted by Crippen LogP contribution is -2.27. The van der Waals surface area contributed by atoms with Crippen molar-refractivity contribution in [3.05, 3.63) is 63.6 Å². The number of nitriles is 1. The number of aliphatic hydroxyl groups is 3. The summed E-state index contributed by atoms with van der Waals surface area (Å²) in [4.78, 5) is 14.4. The van der Waals surface area contributed by atoms with Crippen LogP contribution in [0.5, 0.6) is 0 Å². The largest absolute Gasteiger partial charge is 0.400 e. The van der Waals surface area contributed by atoms with Gasteiger partial charge >= 0.3 is 0 Å². The van der Waals surface area contributed by atoms with Crippen LogP contribution in [0, 0.1) is 37.7 Å². The van der Waals surface area contributed by atoms with Crippen LogP contribution in [0.3, 0.4) is 0 Å². The van der Waals surface area contributed by atoms with Crippen molar-refractivity contribution in [1.82, 2.24) is 39.8 Å². The van der Waals surface area contributed by atoms with Crippen molar-refractivity contribution in [2.24, 2.45) is 5.92 Å². The minimum atomic E-state index is -0.612. The molecule has 51 heavy (non-hydrogen) atoms. The van der Waals surface area contributed by atoms with Gasteiger partial charge in [-0.05, 0) is 65.5 Å². The highest BCUT2D eigenvalue weighted by Crippen LogP contribution is 2.28. The Labute approximate surface area is 304 Å². The number of anilines is 1. The Bertz CT molecular complexity index is 1780. The molecule has 15 heteroatoms. The van der Waals surface area contributed by atoms with E-state index in [4.69, 9.17) is 38.6 Å². The lowest BCUT2D eigenvalue weighted by atomic mass is 10.0. The second-order valence-electron chi connectivity index (χ2n) is 13.6. The minimum absolute atomic E-state index is 0.0880. The van der Waals surface area contributed by atoms with Gasteiger partial charge in [0.15, 0.2) is 11.3 Å². The van der Waals surface area contributed by atoms with Crippen LogP contribution in [0.2, 0.25) is 5.15 Å². The Morgan fingerprint density at radius 2 is 1.41 bits per heavy atom. The first-order chi connectivity index (χ1) is 24.7. The first-order valence-electron chi connectivity index (χ1n) is 17.9. The monoisotopic (exact) mass is 719 g/mol. The van der Waals surface area contributed by atoms with Gasteiger partial charge in [-0.25, -0.2) is 25.6 Å². The molecule has 0 radical (unpaired) electrons. The molecule has 1 aliphatic carbocycles. The molecule has 0 unspecified atom stereocenters. The maximum absolute atomic E-state index is 9.98. The van der Waals surface area contributed by atoms with Crippen molar-refractivity contribution in [1.29, 1.82) is 5.26 Å².